The molecule has 0 radical (unpaired) electrons. The minimum Gasteiger partial charge on any atom is -0.505 e. The molecule has 0 bridgehead atoms. The molecule has 1 aliphatic rings. The average molecular weight is 287 g/mol. The van der Waals surface area contributed by atoms with Crippen molar-refractivity contribution in [2.45, 2.75) is 32.7 Å². The Morgan fingerprint density at radius 3 is 3.00 bits per heavy atom. The summed E-state index contributed by atoms with van der Waals surface area (Å²) in [6.45, 7) is 4.97. The monoisotopic (exact) mass is 287 g/mol. The average Bonchev–Trinajstić information content (AvgIpc) is 2.90. The van der Waals surface area contributed by atoms with Crippen molar-refractivity contribution in [2.75, 3.05) is 6.54 Å². The summed E-state index contributed by atoms with van der Waals surface area (Å²) >= 11 is 0. The highest BCUT2D eigenvalue weighted by Gasteiger charge is 2.28. The van der Waals surface area contributed by atoms with Crippen LogP contribution >= 0.6 is 0 Å². The standard InChI is InChI=1S/C15H17N3O3/c1-9(2)14-17-10-8-18(7-5-12(10)21-14)15(20)13-11(19)4-3-6-16-13/h3-4,6,9,19H,5,7-8H2,1-2H3. The molecule has 6 nitrogen and oxygen atoms in total. The first-order valence-electron chi connectivity index (χ1n) is 6.98. The van der Waals surface area contributed by atoms with Gasteiger partial charge in [-0.2, -0.15) is 0 Å². The van der Waals surface area contributed by atoms with Crippen molar-refractivity contribution >= 4 is 5.91 Å². The minimum absolute atomic E-state index is 0.0773. The van der Waals surface area contributed by atoms with E-state index in [1.54, 1.807) is 11.0 Å². The van der Waals surface area contributed by atoms with E-state index in [0.717, 1.165) is 11.5 Å². The van der Waals surface area contributed by atoms with Gasteiger partial charge in [0.1, 0.15) is 17.2 Å². The smallest absolute Gasteiger partial charge is 0.276 e. The summed E-state index contributed by atoms with van der Waals surface area (Å²) in [6, 6.07) is 3.05. The molecule has 0 atom stereocenters. The number of amides is 1. The van der Waals surface area contributed by atoms with Gasteiger partial charge in [-0.15, -0.1) is 0 Å². The third kappa shape index (κ3) is 2.49. The SMILES string of the molecule is CC(C)c1nc2c(o1)CCN(C(=O)c1ncccc1O)C2. The third-order valence-corrected chi connectivity index (χ3v) is 3.51. The fraction of sp³-hybridized carbons (Fsp3) is 0.400. The van der Waals surface area contributed by atoms with Gasteiger partial charge in [-0.1, -0.05) is 13.8 Å². The second-order valence-electron chi connectivity index (χ2n) is 5.42. The molecule has 0 saturated carbocycles. The number of pyridine rings is 1. The lowest BCUT2D eigenvalue weighted by Crippen LogP contribution is -2.36. The molecule has 3 heterocycles. The summed E-state index contributed by atoms with van der Waals surface area (Å²) in [7, 11) is 0. The van der Waals surface area contributed by atoms with Crippen LogP contribution < -0.4 is 0 Å². The number of aromatic nitrogens is 2. The second-order valence-corrected chi connectivity index (χ2v) is 5.42. The number of nitrogens with zero attached hydrogens (tertiary/aromatic N) is 3. The van der Waals surface area contributed by atoms with Crippen LogP contribution in [0.15, 0.2) is 22.7 Å². The van der Waals surface area contributed by atoms with E-state index in [4.69, 9.17) is 4.42 Å². The lowest BCUT2D eigenvalue weighted by atomic mass is 10.1. The summed E-state index contributed by atoms with van der Waals surface area (Å²) in [6.07, 6.45) is 2.13. The van der Waals surface area contributed by atoms with Crippen LogP contribution in [0.1, 0.15) is 47.6 Å². The van der Waals surface area contributed by atoms with Crippen molar-refractivity contribution < 1.29 is 14.3 Å². The number of oxazole rings is 1. The van der Waals surface area contributed by atoms with Crippen LogP contribution in [0.4, 0.5) is 0 Å². The van der Waals surface area contributed by atoms with Crippen molar-refractivity contribution in [3.8, 4) is 5.75 Å². The van der Waals surface area contributed by atoms with Crippen LogP contribution in [0.5, 0.6) is 5.75 Å². The van der Waals surface area contributed by atoms with E-state index in [1.807, 2.05) is 13.8 Å². The van der Waals surface area contributed by atoms with Gasteiger partial charge in [0.15, 0.2) is 11.6 Å². The van der Waals surface area contributed by atoms with Gasteiger partial charge in [0.05, 0.1) is 6.54 Å². The van der Waals surface area contributed by atoms with E-state index in [-0.39, 0.29) is 23.3 Å². The van der Waals surface area contributed by atoms with Crippen LogP contribution in [0.3, 0.4) is 0 Å². The zero-order valence-electron chi connectivity index (χ0n) is 12.0. The van der Waals surface area contributed by atoms with E-state index in [2.05, 4.69) is 9.97 Å². The highest BCUT2D eigenvalue weighted by molar-refractivity contribution is 5.94. The van der Waals surface area contributed by atoms with Crippen LogP contribution in [-0.2, 0) is 13.0 Å². The van der Waals surface area contributed by atoms with Gasteiger partial charge in [0, 0.05) is 25.1 Å². The lowest BCUT2D eigenvalue weighted by molar-refractivity contribution is 0.0718. The zero-order valence-corrected chi connectivity index (χ0v) is 12.0. The highest BCUT2D eigenvalue weighted by Crippen LogP contribution is 2.25. The first kappa shape index (κ1) is 13.6. The summed E-state index contributed by atoms with van der Waals surface area (Å²) in [5.41, 5.74) is 0.877. The normalized spacial score (nSPS) is 14.3. The van der Waals surface area contributed by atoms with Gasteiger partial charge in [-0.05, 0) is 12.1 Å². The van der Waals surface area contributed by atoms with E-state index in [1.165, 1.54) is 12.3 Å². The largest absolute Gasteiger partial charge is 0.505 e. The molecule has 0 saturated heterocycles. The van der Waals surface area contributed by atoms with Crippen molar-refractivity contribution in [1.29, 1.82) is 0 Å². The fourth-order valence-electron chi connectivity index (χ4n) is 2.35. The molecule has 110 valence electrons. The van der Waals surface area contributed by atoms with Gasteiger partial charge in [-0.25, -0.2) is 9.97 Å². The van der Waals surface area contributed by atoms with Crippen LogP contribution in [0, 0.1) is 0 Å². The number of fused-ring (bicyclic) bond motifs is 1. The number of hydrogen-bond donors (Lipinski definition) is 1. The van der Waals surface area contributed by atoms with Crippen LogP contribution in [0.2, 0.25) is 0 Å². The Morgan fingerprint density at radius 1 is 1.48 bits per heavy atom. The summed E-state index contributed by atoms with van der Waals surface area (Å²) in [5, 5.41) is 9.74. The quantitative estimate of drug-likeness (QED) is 0.915. The Bertz CT molecular complexity index is 679. The highest BCUT2D eigenvalue weighted by atomic mass is 16.4. The Balaban J connectivity index is 1.83. The van der Waals surface area contributed by atoms with E-state index in [9.17, 15) is 9.90 Å². The molecule has 6 heteroatoms. The number of rotatable bonds is 2. The Kier molecular flexibility index (Phi) is 3.37. The van der Waals surface area contributed by atoms with E-state index < -0.39 is 0 Å². The van der Waals surface area contributed by atoms with E-state index >= 15 is 0 Å². The Hall–Kier alpha value is -2.37. The van der Waals surface area contributed by atoms with E-state index in [0.29, 0.717) is 25.4 Å². The van der Waals surface area contributed by atoms with Crippen molar-refractivity contribution in [1.82, 2.24) is 14.9 Å². The Labute approximate surface area is 122 Å². The molecule has 2 aromatic heterocycles. The fourth-order valence-corrected chi connectivity index (χ4v) is 2.35. The molecule has 0 fully saturated rings. The minimum atomic E-state index is -0.284. The van der Waals surface area contributed by atoms with Crippen molar-refractivity contribution in [3.63, 3.8) is 0 Å². The first-order chi connectivity index (χ1) is 10.1. The maximum atomic E-state index is 12.4. The van der Waals surface area contributed by atoms with Crippen LogP contribution in [0.25, 0.3) is 0 Å². The molecule has 2 aromatic rings. The third-order valence-electron chi connectivity index (χ3n) is 3.51. The summed E-state index contributed by atoms with van der Waals surface area (Å²) in [5.74, 6) is 1.40. The molecule has 0 aliphatic carbocycles. The number of aromatic hydroxyl groups is 1. The molecular weight excluding hydrogens is 270 g/mol. The number of hydrogen-bond acceptors (Lipinski definition) is 5. The number of carbonyl (C=O) groups excluding carboxylic acids is 1. The summed E-state index contributed by atoms with van der Waals surface area (Å²) < 4.78 is 5.71. The molecule has 0 spiro atoms. The maximum Gasteiger partial charge on any atom is 0.276 e. The molecule has 3 rings (SSSR count). The lowest BCUT2D eigenvalue weighted by Gasteiger charge is -2.25. The second kappa shape index (κ2) is 5.20. The van der Waals surface area contributed by atoms with Gasteiger partial charge < -0.3 is 14.4 Å². The Morgan fingerprint density at radius 2 is 2.29 bits per heavy atom. The van der Waals surface area contributed by atoms with Crippen LogP contribution in [-0.4, -0.2) is 32.4 Å². The predicted molar refractivity (Wildman–Crippen MR) is 74.9 cm³/mol. The molecule has 1 N–H and O–H groups in total. The van der Waals surface area contributed by atoms with Gasteiger partial charge in [0.25, 0.3) is 5.91 Å². The zero-order chi connectivity index (χ0) is 15.0. The van der Waals surface area contributed by atoms with Gasteiger partial charge >= 0.3 is 0 Å². The van der Waals surface area contributed by atoms with Crippen molar-refractivity contribution in [3.05, 3.63) is 41.4 Å². The predicted octanol–water partition coefficient (Wildman–Crippen LogP) is 2.10. The topological polar surface area (TPSA) is 79.5 Å². The summed E-state index contributed by atoms with van der Waals surface area (Å²) in [4.78, 5) is 22.5. The molecule has 21 heavy (non-hydrogen) atoms. The molecular formula is C15H17N3O3. The molecule has 0 unspecified atom stereocenters. The van der Waals surface area contributed by atoms with Gasteiger partial charge in [0.2, 0.25) is 0 Å². The maximum absolute atomic E-state index is 12.4. The molecule has 1 aliphatic heterocycles. The van der Waals surface area contributed by atoms with Crippen molar-refractivity contribution in [2.24, 2.45) is 0 Å². The molecule has 1 amide bonds. The number of carbonyl (C=O) groups is 1. The molecule has 0 aromatic carbocycles. The first-order valence-corrected chi connectivity index (χ1v) is 6.98. The van der Waals surface area contributed by atoms with Gasteiger partial charge in [-0.3, -0.25) is 4.79 Å².